The van der Waals surface area contributed by atoms with Gasteiger partial charge in [-0.1, -0.05) is 55.8 Å². The maximum absolute atomic E-state index is 13.4. The average molecular weight is 574 g/mol. The molecule has 1 aliphatic rings. The van der Waals surface area contributed by atoms with Crippen molar-refractivity contribution in [2.24, 2.45) is 0 Å². The lowest BCUT2D eigenvalue weighted by molar-refractivity contribution is -0.139. The zero-order chi connectivity index (χ0) is 29.2. The Bertz CT molecular complexity index is 1350. The molecule has 0 heterocycles. The maximum Gasteiger partial charge on any atom is 0.326 e. The van der Waals surface area contributed by atoms with E-state index in [1.807, 2.05) is 49.6 Å². The van der Waals surface area contributed by atoms with Gasteiger partial charge in [-0.3, -0.25) is 4.79 Å². The van der Waals surface area contributed by atoms with E-state index in [1.165, 1.54) is 54.4 Å². The van der Waals surface area contributed by atoms with E-state index in [-0.39, 0.29) is 5.91 Å². The number of hydrogen-bond donors (Lipinski definition) is 2. The molecule has 5 nitrogen and oxygen atoms in total. The third kappa shape index (κ3) is 8.23. The summed E-state index contributed by atoms with van der Waals surface area (Å²) < 4.78 is 6.30. The Kier molecular flexibility index (Phi) is 11.5. The van der Waals surface area contributed by atoms with E-state index in [0.29, 0.717) is 31.0 Å². The van der Waals surface area contributed by atoms with Gasteiger partial charge in [0, 0.05) is 5.56 Å². The lowest BCUT2D eigenvalue weighted by Gasteiger charge is -2.20. The second-order valence-corrected chi connectivity index (χ2v) is 12.0. The van der Waals surface area contributed by atoms with Gasteiger partial charge in [0.2, 0.25) is 0 Å². The second kappa shape index (κ2) is 15.2. The van der Waals surface area contributed by atoms with Crippen molar-refractivity contribution >= 4 is 23.6 Å². The van der Waals surface area contributed by atoms with Crippen LogP contribution in [0, 0.1) is 6.92 Å². The number of aryl methyl sites for hydroxylation is 4. The zero-order valence-electron chi connectivity index (χ0n) is 24.6. The van der Waals surface area contributed by atoms with Crippen molar-refractivity contribution in [3.8, 4) is 11.1 Å². The number of carboxylic acids is 1. The van der Waals surface area contributed by atoms with Crippen molar-refractivity contribution in [2.45, 2.75) is 84.5 Å². The molecule has 0 spiro atoms. The molecule has 2 N–H and O–H groups in total. The van der Waals surface area contributed by atoms with Gasteiger partial charge in [0.05, 0.1) is 13.2 Å². The van der Waals surface area contributed by atoms with Crippen molar-refractivity contribution < 1.29 is 19.4 Å². The molecule has 0 radical (unpaired) electrons. The smallest absolute Gasteiger partial charge is 0.326 e. The predicted molar refractivity (Wildman–Crippen MR) is 169 cm³/mol. The molecule has 0 fully saturated rings. The molecule has 3 aromatic carbocycles. The first-order valence-corrected chi connectivity index (χ1v) is 16.2. The standard InChI is InChI=1S/C35H43NO4S/c1-4-5-11-28-20-26-12-7-8-13-27(26)21-29(28)23-40-22-25-15-16-31(32(19-25)30-14-9-6-10-24(30)2)34(37)36-33(35(38)39)17-18-41-3/h6,9-10,14-16,19-21,33H,4-5,7-8,11-13,17-18,22-23H2,1-3H3,(H,36,37)(H,38,39). The maximum atomic E-state index is 13.4. The van der Waals surface area contributed by atoms with E-state index >= 15 is 0 Å². The van der Waals surface area contributed by atoms with Crippen LogP contribution in [0.2, 0.25) is 0 Å². The van der Waals surface area contributed by atoms with Crippen molar-refractivity contribution in [3.05, 3.63) is 93.5 Å². The summed E-state index contributed by atoms with van der Waals surface area (Å²) in [5, 5.41) is 12.4. The monoisotopic (exact) mass is 573 g/mol. The Hall–Kier alpha value is -3.09. The van der Waals surface area contributed by atoms with Crippen LogP contribution >= 0.6 is 11.8 Å². The molecular formula is C35H43NO4S. The highest BCUT2D eigenvalue weighted by Crippen LogP contribution is 2.30. The number of amides is 1. The molecule has 0 saturated carbocycles. The summed E-state index contributed by atoms with van der Waals surface area (Å²) in [5.41, 5.74) is 9.92. The molecule has 0 bridgehead atoms. The molecule has 218 valence electrons. The van der Waals surface area contributed by atoms with Gasteiger partial charge in [-0.15, -0.1) is 0 Å². The molecule has 1 aliphatic carbocycles. The normalized spacial score (nSPS) is 13.4. The van der Waals surface area contributed by atoms with E-state index in [2.05, 4.69) is 24.4 Å². The van der Waals surface area contributed by atoms with Gasteiger partial charge in [0.25, 0.3) is 5.91 Å². The number of rotatable bonds is 14. The largest absolute Gasteiger partial charge is 0.480 e. The highest BCUT2D eigenvalue weighted by atomic mass is 32.2. The highest BCUT2D eigenvalue weighted by molar-refractivity contribution is 7.98. The summed E-state index contributed by atoms with van der Waals surface area (Å²) in [4.78, 5) is 25.2. The Morgan fingerprint density at radius 2 is 1.71 bits per heavy atom. The van der Waals surface area contributed by atoms with Gasteiger partial charge in [0.15, 0.2) is 0 Å². The molecule has 0 aliphatic heterocycles. The Balaban J connectivity index is 1.56. The lowest BCUT2D eigenvalue weighted by atomic mass is 9.87. The molecule has 41 heavy (non-hydrogen) atoms. The zero-order valence-corrected chi connectivity index (χ0v) is 25.4. The summed E-state index contributed by atoms with van der Waals surface area (Å²) >= 11 is 1.56. The van der Waals surface area contributed by atoms with Gasteiger partial charge in [0.1, 0.15) is 6.04 Å². The number of carbonyl (C=O) groups excluding carboxylic acids is 1. The Labute approximate surface area is 249 Å². The van der Waals surface area contributed by atoms with Gasteiger partial charge in [-0.25, -0.2) is 4.79 Å². The third-order valence-corrected chi connectivity index (χ3v) is 8.61. The van der Waals surface area contributed by atoms with Crippen LogP contribution in [0.4, 0.5) is 0 Å². The molecule has 3 aromatic rings. The van der Waals surface area contributed by atoms with Crippen molar-refractivity contribution in [1.82, 2.24) is 5.32 Å². The number of nitrogens with one attached hydrogen (secondary N) is 1. The minimum absolute atomic E-state index is 0.372. The van der Waals surface area contributed by atoms with Crippen molar-refractivity contribution in [3.63, 3.8) is 0 Å². The van der Waals surface area contributed by atoms with E-state index in [4.69, 9.17) is 4.74 Å². The molecule has 4 rings (SSSR count). The molecule has 1 unspecified atom stereocenters. The number of carbonyl (C=O) groups is 2. The fraction of sp³-hybridized carbons (Fsp3) is 0.429. The quantitative estimate of drug-likeness (QED) is 0.208. The molecule has 6 heteroatoms. The number of unbranched alkanes of at least 4 members (excludes halogenated alkanes) is 1. The average Bonchev–Trinajstić information content (AvgIpc) is 2.98. The number of benzene rings is 3. The minimum atomic E-state index is -1.02. The summed E-state index contributed by atoms with van der Waals surface area (Å²) in [7, 11) is 0. The second-order valence-electron chi connectivity index (χ2n) is 11.0. The van der Waals surface area contributed by atoms with Gasteiger partial charge >= 0.3 is 5.97 Å². The van der Waals surface area contributed by atoms with Crippen LogP contribution < -0.4 is 5.32 Å². The first-order valence-electron chi connectivity index (χ1n) is 14.8. The van der Waals surface area contributed by atoms with Gasteiger partial charge in [-0.05, 0) is 121 Å². The highest BCUT2D eigenvalue weighted by Gasteiger charge is 2.23. The SMILES string of the molecule is CCCCc1cc2c(cc1COCc1ccc(C(=O)NC(CCSC)C(=O)O)c(-c3ccccc3C)c1)CCCC2. The van der Waals surface area contributed by atoms with Crippen LogP contribution in [0.25, 0.3) is 11.1 Å². The minimum Gasteiger partial charge on any atom is -0.480 e. The Morgan fingerprint density at radius 1 is 0.976 bits per heavy atom. The van der Waals surface area contributed by atoms with Crippen LogP contribution in [0.5, 0.6) is 0 Å². The Morgan fingerprint density at radius 3 is 2.39 bits per heavy atom. The molecule has 1 atom stereocenters. The molecule has 0 saturated heterocycles. The van der Waals surface area contributed by atoms with Crippen molar-refractivity contribution in [2.75, 3.05) is 12.0 Å². The number of thioether (sulfide) groups is 1. The fourth-order valence-electron chi connectivity index (χ4n) is 5.61. The number of carboxylic acid groups (broad SMARTS) is 1. The summed E-state index contributed by atoms with van der Waals surface area (Å²) in [6.45, 7) is 5.24. The summed E-state index contributed by atoms with van der Waals surface area (Å²) in [6.07, 6.45) is 10.6. The number of aliphatic carboxylic acids is 1. The van der Waals surface area contributed by atoms with Crippen LogP contribution in [0.1, 0.15) is 82.8 Å². The number of hydrogen-bond acceptors (Lipinski definition) is 4. The van der Waals surface area contributed by atoms with Gasteiger partial charge < -0.3 is 15.2 Å². The van der Waals surface area contributed by atoms with Crippen LogP contribution in [0.3, 0.4) is 0 Å². The van der Waals surface area contributed by atoms with Crippen LogP contribution in [-0.4, -0.2) is 35.0 Å². The molecule has 1 amide bonds. The summed E-state index contributed by atoms with van der Waals surface area (Å²) in [5.74, 6) is -0.739. The lowest BCUT2D eigenvalue weighted by Crippen LogP contribution is -2.41. The first kappa shape index (κ1) is 30.9. The van der Waals surface area contributed by atoms with E-state index < -0.39 is 12.0 Å². The topological polar surface area (TPSA) is 75.6 Å². The van der Waals surface area contributed by atoms with Crippen LogP contribution in [-0.2, 0) is 42.0 Å². The van der Waals surface area contributed by atoms with Gasteiger partial charge in [-0.2, -0.15) is 11.8 Å². The van der Waals surface area contributed by atoms with E-state index in [0.717, 1.165) is 35.1 Å². The van der Waals surface area contributed by atoms with E-state index in [9.17, 15) is 14.7 Å². The van der Waals surface area contributed by atoms with Crippen LogP contribution in [0.15, 0.2) is 54.6 Å². The van der Waals surface area contributed by atoms with Crippen molar-refractivity contribution in [1.29, 1.82) is 0 Å². The molecule has 0 aromatic heterocycles. The number of ether oxygens (including phenoxy) is 1. The fourth-order valence-corrected chi connectivity index (χ4v) is 6.08. The number of fused-ring (bicyclic) bond motifs is 1. The summed E-state index contributed by atoms with van der Waals surface area (Å²) in [6, 6.07) is 17.6. The third-order valence-electron chi connectivity index (χ3n) is 7.97. The molecular weight excluding hydrogens is 530 g/mol. The van der Waals surface area contributed by atoms with E-state index in [1.54, 1.807) is 17.8 Å². The first-order chi connectivity index (χ1) is 19.9. The predicted octanol–water partition coefficient (Wildman–Crippen LogP) is 7.54.